The summed E-state index contributed by atoms with van der Waals surface area (Å²) >= 11 is 0. The van der Waals surface area contributed by atoms with Gasteiger partial charge in [0.05, 0.1) is 0 Å². The molecule has 1 aliphatic carbocycles. The van der Waals surface area contributed by atoms with E-state index in [1.807, 2.05) is 13.8 Å². The molecule has 0 radical (unpaired) electrons. The molecule has 0 aromatic rings. The second kappa shape index (κ2) is 6.53. The van der Waals surface area contributed by atoms with E-state index in [9.17, 15) is 9.59 Å². The summed E-state index contributed by atoms with van der Waals surface area (Å²) in [5.41, 5.74) is 2.55. The Morgan fingerprint density at radius 3 is 2.39 bits per heavy atom. The monoisotopic (exact) mass is 250 g/mol. The number of allylic oxidation sites excluding steroid dienone is 4. The van der Waals surface area contributed by atoms with Gasteiger partial charge in [-0.25, -0.2) is 0 Å². The average Bonchev–Trinajstić information content (AvgIpc) is 2.55. The first kappa shape index (κ1) is 14.7. The van der Waals surface area contributed by atoms with Gasteiger partial charge in [-0.2, -0.15) is 0 Å². The van der Waals surface area contributed by atoms with Crippen LogP contribution in [0.4, 0.5) is 0 Å². The molecule has 0 atom stereocenters. The van der Waals surface area contributed by atoms with E-state index in [0.29, 0.717) is 24.2 Å². The third-order valence-electron chi connectivity index (χ3n) is 3.31. The fraction of sp³-hybridized carbons (Fsp3) is 0.600. The van der Waals surface area contributed by atoms with Crippen molar-refractivity contribution < 1.29 is 14.3 Å². The standard InChI is InChI=1S/C15H22O3/c1-5-6-7-8-14(18-12(4)16)13-9-10(2)11(3)15(13)17/h5-9H2,1-4H3/b14-13-. The number of hydrogen-bond donors (Lipinski definition) is 0. The zero-order valence-corrected chi connectivity index (χ0v) is 11.8. The molecule has 0 saturated heterocycles. The maximum absolute atomic E-state index is 12.1. The third kappa shape index (κ3) is 3.56. The van der Waals surface area contributed by atoms with Crippen molar-refractivity contribution in [2.24, 2.45) is 0 Å². The van der Waals surface area contributed by atoms with Crippen molar-refractivity contribution in [3.63, 3.8) is 0 Å². The van der Waals surface area contributed by atoms with Crippen LogP contribution >= 0.6 is 0 Å². The maximum atomic E-state index is 12.1. The SMILES string of the molecule is CCCCC/C(OC(C)=O)=C1\CC(C)=C(C)C1=O. The number of carbonyl (C=O) groups excluding carboxylic acids is 2. The molecule has 3 nitrogen and oxygen atoms in total. The van der Waals surface area contributed by atoms with Gasteiger partial charge in [-0.05, 0) is 25.8 Å². The minimum atomic E-state index is -0.344. The molecule has 0 saturated carbocycles. The fourth-order valence-electron chi connectivity index (χ4n) is 2.10. The lowest BCUT2D eigenvalue weighted by Crippen LogP contribution is -2.07. The Kier molecular flexibility index (Phi) is 5.32. The molecule has 3 heteroatoms. The minimum Gasteiger partial charge on any atom is -0.431 e. The number of Topliss-reactive ketones (excluding diaryl/α,β-unsaturated/α-hetero) is 1. The predicted molar refractivity (Wildman–Crippen MR) is 70.9 cm³/mol. The van der Waals surface area contributed by atoms with E-state index in [1.54, 1.807) is 0 Å². The highest BCUT2D eigenvalue weighted by molar-refractivity contribution is 6.11. The van der Waals surface area contributed by atoms with Crippen molar-refractivity contribution in [3.05, 3.63) is 22.5 Å². The van der Waals surface area contributed by atoms with E-state index in [2.05, 4.69) is 6.92 Å². The fourth-order valence-corrected chi connectivity index (χ4v) is 2.10. The number of carbonyl (C=O) groups is 2. The van der Waals surface area contributed by atoms with Crippen LogP contribution < -0.4 is 0 Å². The van der Waals surface area contributed by atoms with Crippen LogP contribution in [0.2, 0.25) is 0 Å². The maximum Gasteiger partial charge on any atom is 0.307 e. The largest absolute Gasteiger partial charge is 0.431 e. The molecule has 0 heterocycles. The summed E-state index contributed by atoms with van der Waals surface area (Å²) in [6.07, 6.45) is 4.44. The van der Waals surface area contributed by atoms with Gasteiger partial charge in [0, 0.05) is 25.3 Å². The molecule has 0 N–H and O–H groups in total. The van der Waals surface area contributed by atoms with Gasteiger partial charge < -0.3 is 4.74 Å². The van der Waals surface area contributed by atoms with Crippen LogP contribution in [-0.4, -0.2) is 11.8 Å². The van der Waals surface area contributed by atoms with Crippen molar-refractivity contribution >= 4 is 11.8 Å². The highest BCUT2D eigenvalue weighted by Crippen LogP contribution is 2.31. The number of unbranched alkanes of at least 4 members (excludes halogenated alkanes) is 2. The van der Waals surface area contributed by atoms with Gasteiger partial charge in [0.1, 0.15) is 5.76 Å². The number of esters is 1. The zero-order valence-electron chi connectivity index (χ0n) is 11.8. The van der Waals surface area contributed by atoms with Gasteiger partial charge in [-0.3, -0.25) is 9.59 Å². The normalized spacial score (nSPS) is 18.3. The van der Waals surface area contributed by atoms with E-state index >= 15 is 0 Å². The average molecular weight is 250 g/mol. The lowest BCUT2D eigenvalue weighted by molar-refractivity contribution is -0.137. The summed E-state index contributed by atoms with van der Waals surface area (Å²) in [4.78, 5) is 23.2. The molecule has 0 aliphatic heterocycles. The highest BCUT2D eigenvalue weighted by Gasteiger charge is 2.26. The Labute approximate surface area is 109 Å². The quantitative estimate of drug-likeness (QED) is 0.323. The van der Waals surface area contributed by atoms with Gasteiger partial charge in [0.25, 0.3) is 0 Å². The van der Waals surface area contributed by atoms with Crippen molar-refractivity contribution in [2.75, 3.05) is 0 Å². The molecule has 1 rings (SSSR count). The number of ketones is 1. The molecule has 18 heavy (non-hydrogen) atoms. The molecular formula is C15H22O3. The number of ether oxygens (including phenoxy) is 1. The first-order valence-corrected chi connectivity index (χ1v) is 6.58. The summed E-state index contributed by atoms with van der Waals surface area (Å²) in [6, 6.07) is 0. The van der Waals surface area contributed by atoms with E-state index in [0.717, 1.165) is 30.4 Å². The first-order chi connectivity index (χ1) is 8.47. The molecular weight excluding hydrogens is 228 g/mol. The number of hydrogen-bond acceptors (Lipinski definition) is 3. The van der Waals surface area contributed by atoms with Crippen LogP contribution in [0.5, 0.6) is 0 Å². The Morgan fingerprint density at radius 2 is 1.94 bits per heavy atom. The Balaban J connectivity index is 2.88. The zero-order chi connectivity index (χ0) is 13.7. The van der Waals surface area contributed by atoms with Crippen molar-refractivity contribution in [2.45, 2.75) is 59.8 Å². The van der Waals surface area contributed by atoms with Crippen LogP contribution in [0, 0.1) is 0 Å². The summed E-state index contributed by atoms with van der Waals surface area (Å²) in [7, 11) is 0. The van der Waals surface area contributed by atoms with Crippen LogP contribution in [0.15, 0.2) is 22.5 Å². The van der Waals surface area contributed by atoms with Gasteiger partial charge >= 0.3 is 5.97 Å². The molecule has 1 aliphatic rings. The van der Waals surface area contributed by atoms with Crippen molar-refractivity contribution in [1.29, 1.82) is 0 Å². The highest BCUT2D eigenvalue weighted by atomic mass is 16.5. The third-order valence-corrected chi connectivity index (χ3v) is 3.31. The summed E-state index contributed by atoms with van der Waals surface area (Å²) in [5.74, 6) is 0.279. The molecule has 0 aromatic heterocycles. The van der Waals surface area contributed by atoms with Crippen LogP contribution in [0.3, 0.4) is 0 Å². The van der Waals surface area contributed by atoms with Crippen molar-refractivity contribution in [1.82, 2.24) is 0 Å². The van der Waals surface area contributed by atoms with Crippen LogP contribution in [0.25, 0.3) is 0 Å². The minimum absolute atomic E-state index is 0.0419. The Morgan fingerprint density at radius 1 is 1.28 bits per heavy atom. The predicted octanol–water partition coefficient (Wildman–Crippen LogP) is 3.69. The van der Waals surface area contributed by atoms with Gasteiger partial charge in [0.15, 0.2) is 5.78 Å². The van der Waals surface area contributed by atoms with E-state index in [-0.39, 0.29) is 11.8 Å². The molecule has 0 bridgehead atoms. The molecule has 0 fully saturated rings. The molecule has 0 amide bonds. The van der Waals surface area contributed by atoms with Gasteiger partial charge in [0.2, 0.25) is 0 Å². The van der Waals surface area contributed by atoms with Crippen molar-refractivity contribution in [3.8, 4) is 0 Å². The number of rotatable bonds is 5. The van der Waals surface area contributed by atoms with Crippen LogP contribution in [0.1, 0.15) is 59.8 Å². The van der Waals surface area contributed by atoms with Crippen LogP contribution in [-0.2, 0) is 14.3 Å². The molecule has 0 unspecified atom stereocenters. The molecule has 0 spiro atoms. The lowest BCUT2D eigenvalue weighted by Gasteiger charge is -2.10. The Bertz CT molecular complexity index is 413. The second-order valence-electron chi connectivity index (χ2n) is 4.86. The van der Waals surface area contributed by atoms with E-state index in [4.69, 9.17) is 4.74 Å². The summed E-state index contributed by atoms with van der Waals surface area (Å²) in [5, 5.41) is 0. The molecule has 0 aromatic carbocycles. The topological polar surface area (TPSA) is 43.4 Å². The van der Waals surface area contributed by atoms with E-state index < -0.39 is 0 Å². The smallest absolute Gasteiger partial charge is 0.307 e. The van der Waals surface area contributed by atoms with Gasteiger partial charge in [-0.1, -0.05) is 25.3 Å². The lowest BCUT2D eigenvalue weighted by atomic mass is 10.1. The van der Waals surface area contributed by atoms with E-state index in [1.165, 1.54) is 6.92 Å². The summed E-state index contributed by atoms with van der Waals surface area (Å²) in [6.45, 7) is 7.29. The molecule has 100 valence electrons. The van der Waals surface area contributed by atoms with Gasteiger partial charge in [-0.15, -0.1) is 0 Å². The first-order valence-electron chi connectivity index (χ1n) is 6.58. The second-order valence-corrected chi connectivity index (χ2v) is 4.86. The summed E-state index contributed by atoms with van der Waals surface area (Å²) < 4.78 is 5.24. The Hall–Kier alpha value is -1.38.